The van der Waals surface area contributed by atoms with Crippen LogP contribution in [0.4, 0.5) is 0 Å². The number of guanidine groups is 1. The SMILES string of the molecule is CN=C(NCCCCN1CCN(C)CC1)NCc1ccc(C)cc1C.I. The molecule has 1 aliphatic heterocycles. The van der Waals surface area contributed by atoms with Gasteiger partial charge in [-0.1, -0.05) is 23.8 Å². The number of hydrogen-bond acceptors (Lipinski definition) is 3. The topological polar surface area (TPSA) is 42.9 Å². The number of nitrogens with zero attached hydrogens (tertiary/aromatic N) is 3. The number of hydrogen-bond donors (Lipinski definition) is 2. The molecule has 1 fully saturated rings. The Hall–Kier alpha value is -0.860. The van der Waals surface area contributed by atoms with Crippen molar-refractivity contribution < 1.29 is 0 Å². The molecule has 1 heterocycles. The highest BCUT2D eigenvalue weighted by molar-refractivity contribution is 14.0. The van der Waals surface area contributed by atoms with Gasteiger partial charge in [0.25, 0.3) is 0 Å². The molecular weight excluding hydrogens is 437 g/mol. The Balaban J connectivity index is 0.00000338. The summed E-state index contributed by atoms with van der Waals surface area (Å²) in [5, 5.41) is 6.84. The number of unbranched alkanes of at least 4 members (excludes halogenated alkanes) is 1. The van der Waals surface area contributed by atoms with Gasteiger partial charge in [-0.2, -0.15) is 0 Å². The lowest BCUT2D eigenvalue weighted by molar-refractivity contribution is 0.152. The van der Waals surface area contributed by atoms with E-state index in [1.54, 1.807) is 0 Å². The van der Waals surface area contributed by atoms with Crippen molar-refractivity contribution in [3.05, 3.63) is 34.9 Å². The minimum absolute atomic E-state index is 0. The molecule has 0 bridgehead atoms. The maximum Gasteiger partial charge on any atom is 0.191 e. The highest BCUT2D eigenvalue weighted by Gasteiger charge is 2.12. The Morgan fingerprint density at radius 3 is 2.46 bits per heavy atom. The van der Waals surface area contributed by atoms with Crippen molar-refractivity contribution in [2.75, 3.05) is 53.4 Å². The lowest BCUT2D eigenvalue weighted by Gasteiger charge is -2.32. The second kappa shape index (κ2) is 12.5. The van der Waals surface area contributed by atoms with Gasteiger partial charge < -0.3 is 20.4 Å². The van der Waals surface area contributed by atoms with Crippen LogP contribution in [0.2, 0.25) is 0 Å². The number of rotatable bonds is 7. The zero-order valence-electron chi connectivity index (χ0n) is 16.8. The molecule has 1 aromatic rings. The first kappa shape index (κ1) is 23.2. The molecule has 0 radical (unpaired) electrons. The molecule has 0 saturated carbocycles. The Bertz CT molecular complexity index is 553. The summed E-state index contributed by atoms with van der Waals surface area (Å²) in [5.74, 6) is 0.888. The van der Waals surface area contributed by atoms with Crippen molar-refractivity contribution in [1.82, 2.24) is 20.4 Å². The van der Waals surface area contributed by atoms with E-state index in [4.69, 9.17) is 0 Å². The molecule has 2 N–H and O–H groups in total. The summed E-state index contributed by atoms with van der Waals surface area (Å²) in [7, 11) is 4.04. The minimum atomic E-state index is 0. The standard InChI is InChI=1S/C20H35N5.HI/c1-17-7-8-19(18(2)15-17)16-23-20(21-3)22-9-5-6-10-25-13-11-24(4)12-14-25;/h7-8,15H,5-6,9-14,16H2,1-4H3,(H2,21,22,23);1H. The predicted molar refractivity (Wildman–Crippen MR) is 123 cm³/mol. The van der Waals surface area contributed by atoms with Gasteiger partial charge in [0, 0.05) is 46.3 Å². The summed E-state index contributed by atoms with van der Waals surface area (Å²) in [4.78, 5) is 9.31. The molecule has 6 heteroatoms. The van der Waals surface area contributed by atoms with Crippen LogP contribution < -0.4 is 10.6 Å². The normalized spacial score (nSPS) is 16.2. The van der Waals surface area contributed by atoms with Crippen LogP contribution in [0.5, 0.6) is 0 Å². The van der Waals surface area contributed by atoms with Crippen molar-refractivity contribution in [3.8, 4) is 0 Å². The van der Waals surface area contributed by atoms with Gasteiger partial charge in [-0.25, -0.2) is 0 Å². The number of aliphatic imine (C=N–C) groups is 1. The summed E-state index contributed by atoms with van der Waals surface area (Å²) in [6.45, 7) is 12.1. The van der Waals surface area contributed by atoms with E-state index in [1.807, 2.05) is 7.05 Å². The smallest absolute Gasteiger partial charge is 0.191 e. The second-order valence-corrected chi connectivity index (χ2v) is 7.13. The molecule has 0 aromatic heterocycles. The minimum Gasteiger partial charge on any atom is -0.356 e. The zero-order chi connectivity index (χ0) is 18.1. The summed E-state index contributed by atoms with van der Waals surface area (Å²) in [6, 6.07) is 6.59. The molecule has 26 heavy (non-hydrogen) atoms. The van der Waals surface area contributed by atoms with Crippen LogP contribution >= 0.6 is 24.0 Å². The molecule has 0 aliphatic carbocycles. The zero-order valence-corrected chi connectivity index (χ0v) is 19.2. The Morgan fingerprint density at radius 1 is 1.08 bits per heavy atom. The largest absolute Gasteiger partial charge is 0.356 e. The molecule has 1 aliphatic rings. The van der Waals surface area contributed by atoms with Crippen LogP contribution in [-0.2, 0) is 6.54 Å². The molecule has 1 saturated heterocycles. The third-order valence-corrected chi connectivity index (χ3v) is 4.96. The quantitative estimate of drug-likeness (QED) is 0.277. The molecule has 5 nitrogen and oxygen atoms in total. The highest BCUT2D eigenvalue weighted by atomic mass is 127. The first-order chi connectivity index (χ1) is 12.1. The van der Waals surface area contributed by atoms with E-state index in [9.17, 15) is 0 Å². The van der Waals surface area contributed by atoms with E-state index in [2.05, 4.69) is 64.5 Å². The van der Waals surface area contributed by atoms with Gasteiger partial charge >= 0.3 is 0 Å². The van der Waals surface area contributed by atoms with Gasteiger partial charge in [-0.3, -0.25) is 4.99 Å². The van der Waals surface area contributed by atoms with Crippen LogP contribution in [0.15, 0.2) is 23.2 Å². The third-order valence-electron chi connectivity index (χ3n) is 4.96. The van der Waals surface area contributed by atoms with E-state index in [0.717, 1.165) is 19.0 Å². The lowest BCUT2D eigenvalue weighted by atomic mass is 10.1. The molecule has 0 atom stereocenters. The van der Waals surface area contributed by atoms with Gasteiger partial charge in [0.15, 0.2) is 5.96 Å². The summed E-state index contributed by atoms with van der Waals surface area (Å²) in [6.07, 6.45) is 2.42. The predicted octanol–water partition coefficient (Wildman–Crippen LogP) is 2.61. The summed E-state index contributed by atoms with van der Waals surface area (Å²) in [5.41, 5.74) is 3.96. The van der Waals surface area contributed by atoms with Crippen molar-refractivity contribution in [1.29, 1.82) is 0 Å². The van der Waals surface area contributed by atoms with Gasteiger partial charge in [0.2, 0.25) is 0 Å². The van der Waals surface area contributed by atoms with E-state index < -0.39 is 0 Å². The Morgan fingerprint density at radius 2 is 1.81 bits per heavy atom. The van der Waals surface area contributed by atoms with Gasteiger partial charge in [0.1, 0.15) is 0 Å². The second-order valence-electron chi connectivity index (χ2n) is 7.13. The van der Waals surface area contributed by atoms with E-state index in [-0.39, 0.29) is 24.0 Å². The summed E-state index contributed by atoms with van der Waals surface area (Å²) < 4.78 is 0. The average Bonchev–Trinajstić information content (AvgIpc) is 2.60. The van der Waals surface area contributed by atoms with Gasteiger partial charge in [-0.05, 0) is 51.4 Å². The first-order valence-corrected chi connectivity index (χ1v) is 9.50. The molecule has 0 amide bonds. The molecule has 0 spiro atoms. The van der Waals surface area contributed by atoms with Crippen LogP contribution in [-0.4, -0.2) is 69.1 Å². The lowest BCUT2D eigenvalue weighted by Crippen LogP contribution is -2.44. The third kappa shape index (κ3) is 8.22. The number of likely N-dealkylation sites (N-methyl/N-ethyl adjacent to an activating group) is 1. The monoisotopic (exact) mass is 473 g/mol. The maximum absolute atomic E-state index is 4.32. The molecule has 148 valence electrons. The van der Waals surface area contributed by atoms with Gasteiger partial charge in [-0.15, -0.1) is 24.0 Å². The van der Waals surface area contributed by atoms with Crippen LogP contribution in [0.25, 0.3) is 0 Å². The molecule has 1 aromatic carbocycles. The number of nitrogens with one attached hydrogen (secondary N) is 2. The van der Waals surface area contributed by atoms with Crippen molar-refractivity contribution in [2.45, 2.75) is 33.2 Å². The van der Waals surface area contributed by atoms with Crippen molar-refractivity contribution >= 4 is 29.9 Å². The number of benzene rings is 1. The van der Waals surface area contributed by atoms with Gasteiger partial charge in [0.05, 0.1) is 0 Å². The van der Waals surface area contributed by atoms with Crippen LogP contribution in [0, 0.1) is 13.8 Å². The number of piperazine rings is 1. The molecule has 2 rings (SSSR count). The van der Waals surface area contributed by atoms with Crippen molar-refractivity contribution in [3.63, 3.8) is 0 Å². The van der Waals surface area contributed by atoms with E-state index in [1.165, 1.54) is 62.3 Å². The first-order valence-electron chi connectivity index (χ1n) is 9.50. The fraction of sp³-hybridized carbons (Fsp3) is 0.650. The van der Waals surface area contributed by atoms with Crippen molar-refractivity contribution in [2.24, 2.45) is 4.99 Å². The van der Waals surface area contributed by atoms with Crippen LogP contribution in [0.1, 0.15) is 29.5 Å². The maximum atomic E-state index is 4.32. The van der Waals surface area contributed by atoms with E-state index in [0.29, 0.717) is 0 Å². The number of aryl methyl sites for hydroxylation is 2. The van der Waals surface area contributed by atoms with E-state index >= 15 is 0 Å². The molecular formula is C20H36IN5. The fourth-order valence-electron chi connectivity index (χ4n) is 3.18. The summed E-state index contributed by atoms with van der Waals surface area (Å²) >= 11 is 0. The van der Waals surface area contributed by atoms with Crippen LogP contribution in [0.3, 0.4) is 0 Å². The Kier molecular flexibility index (Phi) is 11.2. The average molecular weight is 473 g/mol. The Labute approximate surface area is 176 Å². The highest BCUT2D eigenvalue weighted by Crippen LogP contribution is 2.10. The number of halogens is 1. The fourth-order valence-corrected chi connectivity index (χ4v) is 3.18. The molecule has 0 unspecified atom stereocenters.